The molecule has 5 nitrogen and oxygen atoms in total. The zero-order chi connectivity index (χ0) is 15.1. The first kappa shape index (κ1) is 16.2. The van der Waals surface area contributed by atoms with E-state index in [1.807, 2.05) is 20.8 Å². The van der Waals surface area contributed by atoms with E-state index in [1.165, 1.54) is 0 Å². The third kappa shape index (κ3) is 5.01. The predicted molar refractivity (Wildman–Crippen MR) is 81.4 cm³/mol. The molecule has 4 N–H and O–H groups in total. The van der Waals surface area contributed by atoms with Gasteiger partial charge in [0, 0.05) is 17.3 Å². The van der Waals surface area contributed by atoms with Crippen molar-refractivity contribution >= 4 is 23.2 Å². The van der Waals surface area contributed by atoms with Crippen LogP contribution < -0.4 is 16.4 Å². The van der Waals surface area contributed by atoms with Gasteiger partial charge in [-0.15, -0.1) is 0 Å². The molecule has 0 aliphatic carbocycles. The van der Waals surface area contributed by atoms with Crippen LogP contribution in [-0.4, -0.2) is 17.9 Å². The van der Waals surface area contributed by atoms with Crippen molar-refractivity contribution < 1.29 is 9.59 Å². The monoisotopic (exact) mass is 277 g/mol. The molecule has 1 rings (SSSR count). The van der Waals surface area contributed by atoms with E-state index in [0.717, 1.165) is 6.42 Å². The first-order chi connectivity index (χ1) is 9.43. The molecule has 0 heterocycles. The summed E-state index contributed by atoms with van der Waals surface area (Å²) in [6.45, 7) is 5.63. The van der Waals surface area contributed by atoms with Crippen LogP contribution in [0.1, 0.15) is 33.6 Å². The number of carbonyl (C=O) groups is 2. The smallest absolute Gasteiger partial charge is 0.241 e. The molecular formula is C15H23N3O2. The van der Waals surface area contributed by atoms with Gasteiger partial charge in [-0.2, -0.15) is 0 Å². The maximum atomic E-state index is 11.8. The van der Waals surface area contributed by atoms with Crippen LogP contribution in [0.3, 0.4) is 0 Å². The molecule has 0 radical (unpaired) electrons. The van der Waals surface area contributed by atoms with Gasteiger partial charge in [0.2, 0.25) is 11.8 Å². The molecule has 0 saturated heterocycles. The van der Waals surface area contributed by atoms with Crippen molar-refractivity contribution in [2.75, 3.05) is 10.6 Å². The summed E-state index contributed by atoms with van der Waals surface area (Å²) in [6, 6.07) is 6.53. The molecule has 1 unspecified atom stereocenters. The fourth-order valence-electron chi connectivity index (χ4n) is 1.64. The second-order valence-corrected chi connectivity index (χ2v) is 5.11. The fraction of sp³-hybridized carbons (Fsp3) is 0.467. The van der Waals surface area contributed by atoms with E-state index in [4.69, 9.17) is 5.73 Å². The zero-order valence-corrected chi connectivity index (χ0v) is 12.3. The average molecular weight is 277 g/mol. The molecular weight excluding hydrogens is 254 g/mol. The van der Waals surface area contributed by atoms with Crippen molar-refractivity contribution in [3.05, 3.63) is 24.3 Å². The van der Waals surface area contributed by atoms with Gasteiger partial charge in [0.25, 0.3) is 0 Å². The van der Waals surface area contributed by atoms with Crippen molar-refractivity contribution in [1.82, 2.24) is 0 Å². The minimum atomic E-state index is -0.506. The molecule has 1 atom stereocenters. The predicted octanol–water partition coefficient (Wildman–Crippen LogP) is 2.35. The van der Waals surface area contributed by atoms with Crippen LogP contribution in [0.5, 0.6) is 0 Å². The van der Waals surface area contributed by atoms with Crippen LogP contribution in [0.25, 0.3) is 0 Å². The van der Waals surface area contributed by atoms with E-state index < -0.39 is 6.04 Å². The van der Waals surface area contributed by atoms with Crippen LogP contribution in [0.2, 0.25) is 0 Å². The molecule has 0 spiro atoms. The molecule has 5 heteroatoms. The maximum absolute atomic E-state index is 11.8. The molecule has 0 bridgehead atoms. The summed E-state index contributed by atoms with van der Waals surface area (Å²) in [6.07, 6.45) is 1.51. The fourth-order valence-corrected chi connectivity index (χ4v) is 1.64. The Morgan fingerprint density at radius 2 is 1.70 bits per heavy atom. The van der Waals surface area contributed by atoms with E-state index >= 15 is 0 Å². The molecule has 110 valence electrons. The van der Waals surface area contributed by atoms with E-state index in [2.05, 4.69) is 10.6 Å². The number of nitrogens with two attached hydrogens (primary N) is 1. The lowest BCUT2D eigenvalue weighted by atomic mass is 10.1. The second kappa shape index (κ2) is 7.65. The molecule has 20 heavy (non-hydrogen) atoms. The van der Waals surface area contributed by atoms with Gasteiger partial charge >= 0.3 is 0 Å². The summed E-state index contributed by atoms with van der Waals surface area (Å²) < 4.78 is 0. The second-order valence-electron chi connectivity index (χ2n) is 5.11. The molecule has 0 fully saturated rings. The van der Waals surface area contributed by atoms with Gasteiger partial charge in [-0.3, -0.25) is 9.59 Å². The lowest BCUT2D eigenvalue weighted by Crippen LogP contribution is -2.35. The largest absolute Gasteiger partial charge is 0.326 e. The normalized spacial score (nSPS) is 12.1. The molecule has 1 aromatic rings. The zero-order valence-electron chi connectivity index (χ0n) is 12.3. The standard InChI is InChI=1S/C15H23N3O2/c1-4-6-13(16)15(20)18-12-8-5-7-11(9-12)17-14(19)10(2)3/h5,7-10,13H,4,6,16H2,1-3H3,(H,17,19)(H,18,20). The van der Waals surface area contributed by atoms with Gasteiger partial charge in [0.1, 0.15) is 0 Å². The van der Waals surface area contributed by atoms with Gasteiger partial charge in [0.15, 0.2) is 0 Å². The molecule has 0 saturated carbocycles. The van der Waals surface area contributed by atoms with Gasteiger partial charge in [-0.1, -0.05) is 33.3 Å². The van der Waals surface area contributed by atoms with Crippen molar-refractivity contribution in [3.8, 4) is 0 Å². The van der Waals surface area contributed by atoms with Crippen LogP contribution in [0, 0.1) is 5.92 Å². The minimum Gasteiger partial charge on any atom is -0.326 e. The lowest BCUT2D eigenvalue weighted by Gasteiger charge is -2.13. The third-order valence-corrected chi connectivity index (χ3v) is 2.86. The first-order valence-corrected chi connectivity index (χ1v) is 6.91. The van der Waals surface area contributed by atoms with E-state index in [0.29, 0.717) is 17.8 Å². The molecule has 1 aromatic carbocycles. The summed E-state index contributed by atoms with van der Waals surface area (Å²) in [7, 11) is 0. The van der Waals surface area contributed by atoms with E-state index in [1.54, 1.807) is 24.3 Å². The van der Waals surface area contributed by atoms with Crippen molar-refractivity contribution in [2.24, 2.45) is 11.7 Å². The Labute approximate surface area is 119 Å². The lowest BCUT2D eigenvalue weighted by molar-refractivity contribution is -0.119. The van der Waals surface area contributed by atoms with Crippen LogP contribution in [0.15, 0.2) is 24.3 Å². The number of hydrogen-bond donors (Lipinski definition) is 3. The Bertz CT molecular complexity index is 472. The topological polar surface area (TPSA) is 84.2 Å². The molecule has 0 aliphatic heterocycles. The van der Waals surface area contributed by atoms with Crippen molar-refractivity contribution in [3.63, 3.8) is 0 Å². The van der Waals surface area contributed by atoms with E-state index in [-0.39, 0.29) is 17.7 Å². The summed E-state index contributed by atoms with van der Waals surface area (Å²) in [4.78, 5) is 23.4. The molecule has 0 aromatic heterocycles. The first-order valence-electron chi connectivity index (χ1n) is 6.91. The van der Waals surface area contributed by atoms with Crippen molar-refractivity contribution in [1.29, 1.82) is 0 Å². The van der Waals surface area contributed by atoms with Gasteiger partial charge in [-0.25, -0.2) is 0 Å². The van der Waals surface area contributed by atoms with Crippen LogP contribution in [-0.2, 0) is 9.59 Å². The van der Waals surface area contributed by atoms with E-state index in [9.17, 15) is 9.59 Å². The highest BCUT2D eigenvalue weighted by Gasteiger charge is 2.13. The Hall–Kier alpha value is -1.88. The number of benzene rings is 1. The van der Waals surface area contributed by atoms with Crippen molar-refractivity contribution in [2.45, 2.75) is 39.7 Å². The Kier molecular flexibility index (Phi) is 6.18. The SMILES string of the molecule is CCCC(N)C(=O)Nc1cccc(NC(=O)C(C)C)c1. The number of carbonyl (C=O) groups excluding carboxylic acids is 2. The van der Waals surface area contributed by atoms with Gasteiger partial charge in [0.05, 0.1) is 6.04 Å². The highest BCUT2D eigenvalue weighted by Crippen LogP contribution is 2.16. The number of anilines is 2. The van der Waals surface area contributed by atoms with Gasteiger partial charge < -0.3 is 16.4 Å². The summed E-state index contributed by atoms with van der Waals surface area (Å²) in [5, 5.41) is 5.54. The van der Waals surface area contributed by atoms with Crippen LogP contribution >= 0.6 is 0 Å². The number of hydrogen-bond acceptors (Lipinski definition) is 3. The third-order valence-electron chi connectivity index (χ3n) is 2.86. The average Bonchev–Trinajstić information content (AvgIpc) is 2.39. The molecule has 2 amide bonds. The Morgan fingerprint density at radius 1 is 1.15 bits per heavy atom. The summed E-state index contributed by atoms with van der Waals surface area (Å²) >= 11 is 0. The number of amides is 2. The maximum Gasteiger partial charge on any atom is 0.241 e. The van der Waals surface area contributed by atoms with Gasteiger partial charge in [-0.05, 0) is 24.6 Å². The molecule has 0 aliphatic rings. The quantitative estimate of drug-likeness (QED) is 0.746. The Balaban J connectivity index is 2.68. The van der Waals surface area contributed by atoms with Crippen LogP contribution in [0.4, 0.5) is 11.4 Å². The highest BCUT2D eigenvalue weighted by molar-refractivity contribution is 5.96. The summed E-state index contributed by atoms with van der Waals surface area (Å²) in [5.74, 6) is -0.360. The summed E-state index contributed by atoms with van der Waals surface area (Å²) in [5.41, 5.74) is 7.04. The number of nitrogens with one attached hydrogen (secondary N) is 2. The minimum absolute atomic E-state index is 0.0591. The Morgan fingerprint density at radius 3 is 2.20 bits per heavy atom. The number of rotatable bonds is 6. The highest BCUT2D eigenvalue weighted by atomic mass is 16.2.